The largest absolute Gasteiger partial charge is 0.376 e. The van der Waals surface area contributed by atoms with Crippen molar-refractivity contribution in [2.45, 2.75) is 17.9 Å². The van der Waals surface area contributed by atoms with Gasteiger partial charge in [-0.05, 0) is 40.5 Å². The number of benzene rings is 1. The van der Waals surface area contributed by atoms with Crippen molar-refractivity contribution in [1.29, 1.82) is 0 Å². The third-order valence-electron chi connectivity index (χ3n) is 2.94. The maximum atomic E-state index is 12.0. The first-order valence-corrected chi connectivity index (χ1v) is 8.46. The highest BCUT2D eigenvalue weighted by Crippen LogP contribution is 2.28. The van der Waals surface area contributed by atoms with Crippen LogP contribution in [0.25, 0.3) is 0 Å². The minimum absolute atomic E-state index is 0.00428. The van der Waals surface area contributed by atoms with Crippen molar-refractivity contribution >= 4 is 37.5 Å². The van der Waals surface area contributed by atoms with Gasteiger partial charge in [0.2, 0.25) is 10.0 Å². The van der Waals surface area contributed by atoms with E-state index in [2.05, 4.69) is 21.2 Å². The molecule has 116 valence electrons. The minimum Gasteiger partial charge on any atom is -0.376 e. The fourth-order valence-corrected chi connectivity index (χ4v) is 3.30. The van der Waals surface area contributed by atoms with E-state index < -0.39 is 16.1 Å². The number of sulfonamides is 1. The molecule has 1 aromatic rings. The summed E-state index contributed by atoms with van der Waals surface area (Å²) in [4.78, 5) is 12.0. The molecule has 1 heterocycles. The summed E-state index contributed by atoms with van der Waals surface area (Å²) in [6.45, 7) is 2.62. The highest BCUT2D eigenvalue weighted by Gasteiger charge is 2.24. The Kier molecular flexibility index (Phi) is 4.99. The quantitative estimate of drug-likeness (QED) is 0.806. The van der Waals surface area contributed by atoms with Gasteiger partial charge in [0.25, 0.3) is 5.91 Å². The third-order valence-corrected chi connectivity index (χ3v) is 4.65. The molecule has 1 aliphatic heterocycles. The lowest BCUT2D eigenvalue weighted by Crippen LogP contribution is -2.39. The maximum absolute atomic E-state index is 12.0. The van der Waals surface area contributed by atoms with Gasteiger partial charge < -0.3 is 14.8 Å². The molecular weight excluding hydrogens is 364 g/mol. The zero-order valence-corrected chi connectivity index (χ0v) is 13.7. The van der Waals surface area contributed by atoms with Crippen LogP contribution in [0.15, 0.2) is 21.5 Å². The molecule has 1 unspecified atom stereocenters. The van der Waals surface area contributed by atoms with Crippen LogP contribution < -0.4 is 10.5 Å². The van der Waals surface area contributed by atoms with E-state index in [-0.39, 0.29) is 17.4 Å². The molecule has 1 aliphatic rings. The van der Waals surface area contributed by atoms with Crippen molar-refractivity contribution in [3.63, 3.8) is 0 Å². The molecule has 0 aliphatic carbocycles. The molecular formula is C12H15BrN2O5S. The number of nitrogens with two attached hydrogens (primary N) is 1. The highest BCUT2D eigenvalue weighted by molar-refractivity contribution is 9.10. The average Bonchev–Trinajstić information content (AvgIpc) is 2.42. The Hall–Kier alpha value is -1.00. The van der Waals surface area contributed by atoms with Gasteiger partial charge in [0.1, 0.15) is 0 Å². The Morgan fingerprint density at radius 1 is 1.43 bits per heavy atom. The Morgan fingerprint density at radius 2 is 2.14 bits per heavy atom. The van der Waals surface area contributed by atoms with E-state index in [1.807, 2.05) is 0 Å². The molecule has 1 aromatic carbocycles. The molecule has 9 heteroatoms. The molecule has 0 radical (unpaired) electrons. The van der Waals surface area contributed by atoms with Crippen LogP contribution in [0.2, 0.25) is 0 Å². The lowest BCUT2D eigenvalue weighted by molar-refractivity contribution is -0.142. The van der Waals surface area contributed by atoms with Crippen LogP contribution in [0.4, 0.5) is 5.69 Å². The highest BCUT2D eigenvalue weighted by atomic mass is 79.9. The third kappa shape index (κ3) is 4.01. The first kappa shape index (κ1) is 16.4. The van der Waals surface area contributed by atoms with Gasteiger partial charge in [-0.25, -0.2) is 13.6 Å². The van der Waals surface area contributed by atoms with Gasteiger partial charge in [0, 0.05) is 4.47 Å². The first-order chi connectivity index (χ1) is 9.79. The van der Waals surface area contributed by atoms with Crippen molar-refractivity contribution in [2.75, 3.05) is 25.1 Å². The second-order valence-electron chi connectivity index (χ2n) is 4.57. The second-order valence-corrected chi connectivity index (χ2v) is 6.95. The number of hydrogen-bond donors (Lipinski definition) is 2. The number of ether oxygens (including phenoxy) is 2. The van der Waals surface area contributed by atoms with E-state index in [4.69, 9.17) is 14.6 Å². The van der Waals surface area contributed by atoms with Gasteiger partial charge in [-0.3, -0.25) is 4.79 Å². The summed E-state index contributed by atoms with van der Waals surface area (Å²) in [5.41, 5.74) is 0.885. The molecule has 1 amide bonds. The van der Waals surface area contributed by atoms with Crippen LogP contribution in [-0.2, 0) is 24.3 Å². The van der Waals surface area contributed by atoms with Crippen molar-refractivity contribution in [3.8, 4) is 0 Å². The van der Waals surface area contributed by atoms with Crippen molar-refractivity contribution in [1.82, 2.24) is 0 Å². The molecule has 1 atom stereocenters. The summed E-state index contributed by atoms with van der Waals surface area (Å²) >= 11 is 3.22. The minimum atomic E-state index is -3.81. The topological polar surface area (TPSA) is 108 Å². The van der Waals surface area contributed by atoms with Crippen molar-refractivity contribution in [2.24, 2.45) is 5.14 Å². The molecule has 0 saturated carbocycles. The predicted molar refractivity (Wildman–Crippen MR) is 79.4 cm³/mol. The zero-order chi connectivity index (χ0) is 15.6. The number of amides is 1. The Morgan fingerprint density at radius 3 is 2.71 bits per heavy atom. The lowest BCUT2D eigenvalue weighted by Gasteiger charge is -2.22. The second kappa shape index (κ2) is 6.41. The molecule has 1 saturated heterocycles. The van der Waals surface area contributed by atoms with Crippen LogP contribution in [0.1, 0.15) is 5.56 Å². The van der Waals surface area contributed by atoms with Gasteiger partial charge in [0.05, 0.1) is 30.4 Å². The maximum Gasteiger partial charge on any atom is 0.255 e. The van der Waals surface area contributed by atoms with Gasteiger partial charge >= 0.3 is 0 Å². The summed E-state index contributed by atoms with van der Waals surface area (Å²) in [6, 6.07) is 2.89. The SMILES string of the molecule is Cc1cc(NC(=O)C2COCCO2)c(Br)cc1S(N)(=O)=O. The number of rotatable bonds is 3. The molecule has 0 aromatic heterocycles. The predicted octanol–water partition coefficient (Wildman–Crippen LogP) is 0.759. The zero-order valence-electron chi connectivity index (χ0n) is 11.3. The molecule has 3 N–H and O–H groups in total. The van der Waals surface area contributed by atoms with Gasteiger partial charge in [-0.1, -0.05) is 0 Å². The number of carbonyl (C=O) groups excluding carboxylic acids is 1. The Bertz CT molecular complexity index is 656. The fourth-order valence-electron chi connectivity index (χ4n) is 1.92. The van der Waals surface area contributed by atoms with E-state index in [1.54, 1.807) is 6.92 Å². The lowest BCUT2D eigenvalue weighted by atomic mass is 10.2. The average molecular weight is 379 g/mol. The Balaban J connectivity index is 2.21. The van der Waals surface area contributed by atoms with Crippen molar-refractivity contribution < 1.29 is 22.7 Å². The summed E-state index contributed by atoms with van der Waals surface area (Å²) in [7, 11) is -3.81. The standard InChI is InChI=1S/C12H15BrN2O5S/c1-7-4-9(8(13)5-11(7)21(14,17)18)15-12(16)10-6-19-2-3-20-10/h4-5,10H,2-3,6H2,1H3,(H,15,16)(H2,14,17,18). The van der Waals surface area contributed by atoms with Crippen LogP contribution in [0.5, 0.6) is 0 Å². The first-order valence-electron chi connectivity index (χ1n) is 6.12. The van der Waals surface area contributed by atoms with E-state index in [0.29, 0.717) is 28.9 Å². The monoisotopic (exact) mass is 378 g/mol. The molecule has 1 fully saturated rings. The number of hydrogen-bond acceptors (Lipinski definition) is 5. The van der Waals surface area contributed by atoms with E-state index >= 15 is 0 Å². The molecule has 21 heavy (non-hydrogen) atoms. The smallest absolute Gasteiger partial charge is 0.255 e. The molecule has 2 rings (SSSR count). The number of aryl methyl sites for hydroxylation is 1. The van der Waals surface area contributed by atoms with Gasteiger partial charge in [-0.2, -0.15) is 0 Å². The molecule has 0 bridgehead atoms. The molecule has 0 spiro atoms. The van der Waals surface area contributed by atoms with E-state index in [9.17, 15) is 13.2 Å². The summed E-state index contributed by atoms with van der Waals surface area (Å²) in [5, 5.41) is 7.80. The number of halogens is 1. The number of carbonyl (C=O) groups is 1. The normalized spacial score (nSPS) is 19.3. The summed E-state index contributed by atoms with van der Waals surface area (Å²) < 4.78 is 33.7. The van der Waals surface area contributed by atoms with Crippen LogP contribution in [0, 0.1) is 6.92 Å². The van der Waals surface area contributed by atoms with Crippen LogP contribution in [0.3, 0.4) is 0 Å². The van der Waals surface area contributed by atoms with Crippen LogP contribution in [-0.4, -0.2) is 40.2 Å². The van der Waals surface area contributed by atoms with E-state index in [0.717, 1.165) is 0 Å². The fraction of sp³-hybridized carbons (Fsp3) is 0.417. The van der Waals surface area contributed by atoms with E-state index in [1.165, 1.54) is 12.1 Å². The number of nitrogens with one attached hydrogen (secondary N) is 1. The van der Waals surface area contributed by atoms with Gasteiger partial charge in [0.15, 0.2) is 6.10 Å². The number of anilines is 1. The van der Waals surface area contributed by atoms with Crippen molar-refractivity contribution in [3.05, 3.63) is 22.2 Å². The molecule has 7 nitrogen and oxygen atoms in total. The Labute approximate surface area is 131 Å². The summed E-state index contributed by atoms with van der Waals surface area (Å²) in [6.07, 6.45) is -0.677. The summed E-state index contributed by atoms with van der Waals surface area (Å²) in [5.74, 6) is -0.349. The number of primary sulfonamides is 1. The van der Waals surface area contributed by atoms with Crippen LogP contribution >= 0.6 is 15.9 Å². The van der Waals surface area contributed by atoms with Gasteiger partial charge in [-0.15, -0.1) is 0 Å².